The molecule has 0 radical (unpaired) electrons. The van der Waals surface area contributed by atoms with Crippen LogP contribution in [0.25, 0.3) is 0 Å². The van der Waals surface area contributed by atoms with Crippen LogP contribution in [0.4, 0.5) is 0 Å². The molecule has 0 saturated heterocycles. The van der Waals surface area contributed by atoms with Gasteiger partial charge >= 0.3 is 5.97 Å². The van der Waals surface area contributed by atoms with Gasteiger partial charge in [0.05, 0.1) is 5.60 Å². The quantitative estimate of drug-likeness (QED) is 0.649. The van der Waals surface area contributed by atoms with E-state index in [1.807, 2.05) is 6.08 Å². The maximum absolute atomic E-state index is 12.1. The second kappa shape index (κ2) is 7.33. The predicted octanol–water partition coefficient (Wildman–Crippen LogP) is 4.15. The van der Waals surface area contributed by atoms with E-state index in [-0.39, 0.29) is 52.2 Å². The van der Waals surface area contributed by atoms with Crippen LogP contribution < -0.4 is 0 Å². The van der Waals surface area contributed by atoms with Crippen molar-refractivity contribution in [1.29, 1.82) is 0 Å². The molecule has 2 saturated carbocycles. The topological polar surface area (TPSA) is 91.7 Å². The summed E-state index contributed by atoms with van der Waals surface area (Å²) in [7, 11) is 0. The summed E-state index contributed by atoms with van der Waals surface area (Å²) in [6.45, 7) is 5.94. The van der Waals surface area contributed by atoms with Gasteiger partial charge in [0.15, 0.2) is 10.9 Å². The summed E-state index contributed by atoms with van der Waals surface area (Å²) in [5, 5.41) is 20.9. The standard InChI is InChI=1S/C24H32O5S/c1-14(25)30-19-13-15-12-16(26)4-8-22(15,2)17-5-9-23(3)18(21(17)19)6-10-24(23,29)11-7-20(27)28/h5,9,12,17-19,21,29H,4,6-8,10-11,13H2,1-3H3,(H,27,28)/t17-,18-,19+,21+,22-,23-,24+/m0/s1. The van der Waals surface area contributed by atoms with E-state index in [1.165, 1.54) is 17.3 Å². The Hall–Kier alpha value is -1.40. The van der Waals surface area contributed by atoms with Crippen molar-refractivity contribution in [3.8, 4) is 0 Å². The van der Waals surface area contributed by atoms with Gasteiger partial charge in [-0.05, 0) is 61.3 Å². The van der Waals surface area contributed by atoms with E-state index in [0.29, 0.717) is 12.8 Å². The van der Waals surface area contributed by atoms with Crippen LogP contribution in [0.2, 0.25) is 0 Å². The molecule has 4 aliphatic carbocycles. The SMILES string of the molecule is CC(=O)S[C@@H]1CC2=CC(=O)CC[C@]2(C)[C@H]2C=C[C@@]3(C)[C@@H](CC[C@@]3(O)CCC(=O)O)[C@H]12. The second-order valence-corrected chi connectivity index (χ2v) is 11.6. The van der Waals surface area contributed by atoms with E-state index >= 15 is 0 Å². The van der Waals surface area contributed by atoms with Crippen molar-refractivity contribution in [3.63, 3.8) is 0 Å². The van der Waals surface area contributed by atoms with Crippen molar-refractivity contribution in [2.45, 2.75) is 76.6 Å². The Morgan fingerprint density at radius 1 is 1.27 bits per heavy atom. The molecule has 30 heavy (non-hydrogen) atoms. The highest BCUT2D eigenvalue weighted by molar-refractivity contribution is 8.14. The molecule has 0 bridgehead atoms. The molecule has 5 nitrogen and oxygen atoms in total. The smallest absolute Gasteiger partial charge is 0.303 e. The van der Waals surface area contributed by atoms with Gasteiger partial charge in [-0.3, -0.25) is 14.4 Å². The third-order valence-corrected chi connectivity index (χ3v) is 9.90. The molecule has 0 aromatic heterocycles. The van der Waals surface area contributed by atoms with Crippen LogP contribution in [-0.4, -0.2) is 37.9 Å². The van der Waals surface area contributed by atoms with E-state index in [1.54, 1.807) is 6.92 Å². The number of fused-ring (bicyclic) bond motifs is 5. The minimum Gasteiger partial charge on any atom is -0.481 e. The summed E-state index contributed by atoms with van der Waals surface area (Å²) in [4.78, 5) is 35.4. The third kappa shape index (κ3) is 3.22. The van der Waals surface area contributed by atoms with Crippen molar-refractivity contribution < 1.29 is 24.6 Å². The van der Waals surface area contributed by atoms with Crippen LogP contribution >= 0.6 is 11.8 Å². The Labute approximate surface area is 182 Å². The fourth-order valence-electron chi connectivity index (χ4n) is 7.03. The summed E-state index contributed by atoms with van der Waals surface area (Å²) in [5.74, 6) is -0.0596. The molecule has 0 amide bonds. The summed E-state index contributed by atoms with van der Waals surface area (Å²) >= 11 is 1.38. The third-order valence-electron chi connectivity index (χ3n) is 8.79. The Kier molecular flexibility index (Phi) is 5.33. The number of aliphatic hydroxyl groups is 1. The van der Waals surface area contributed by atoms with E-state index in [4.69, 9.17) is 0 Å². The minimum atomic E-state index is -1.04. The molecule has 6 heteroatoms. The Bertz CT molecular complexity index is 847. The Morgan fingerprint density at radius 2 is 2.00 bits per heavy atom. The maximum Gasteiger partial charge on any atom is 0.303 e. The van der Waals surface area contributed by atoms with Gasteiger partial charge in [0.25, 0.3) is 0 Å². The number of carbonyl (C=O) groups excluding carboxylic acids is 2. The summed E-state index contributed by atoms with van der Waals surface area (Å²) in [6.07, 6.45) is 9.96. The van der Waals surface area contributed by atoms with Crippen molar-refractivity contribution in [2.24, 2.45) is 28.6 Å². The highest BCUT2D eigenvalue weighted by atomic mass is 32.2. The first-order chi connectivity index (χ1) is 14.0. The predicted molar refractivity (Wildman–Crippen MR) is 116 cm³/mol. The zero-order valence-corrected chi connectivity index (χ0v) is 18.8. The fourth-order valence-corrected chi connectivity index (χ4v) is 8.24. The van der Waals surface area contributed by atoms with Crippen molar-refractivity contribution in [2.75, 3.05) is 0 Å². The molecular formula is C24H32O5S. The highest BCUT2D eigenvalue weighted by Crippen LogP contribution is 2.67. The van der Waals surface area contributed by atoms with Gasteiger partial charge in [0.2, 0.25) is 0 Å². The molecule has 0 aliphatic heterocycles. The van der Waals surface area contributed by atoms with Crippen LogP contribution in [0.1, 0.15) is 65.7 Å². The summed E-state index contributed by atoms with van der Waals surface area (Å²) in [5.41, 5.74) is -0.457. The van der Waals surface area contributed by atoms with Crippen LogP contribution in [0, 0.1) is 28.6 Å². The summed E-state index contributed by atoms with van der Waals surface area (Å²) in [6, 6.07) is 0. The highest BCUT2D eigenvalue weighted by Gasteiger charge is 2.63. The lowest BCUT2D eigenvalue weighted by Crippen LogP contribution is -2.55. The van der Waals surface area contributed by atoms with Gasteiger partial charge in [0.1, 0.15) is 0 Å². The van der Waals surface area contributed by atoms with Gasteiger partial charge in [-0.25, -0.2) is 0 Å². The van der Waals surface area contributed by atoms with Crippen LogP contribution in [0.3, 0.4) is 0 Å². The number of carboxylic acid groups (broad SMARTS) is 1. The average molecular weight is 433 g/mol. The van der Waals surface area contributed by atoms with E-state index < -0.39 is 17.0 Å². The number of rotatable bonds is 4. The van der Waals surface area contributed by atoms with E-state index in [9.17, 15) is 24.6 Å². The minimum absolute atomic E-state index is 0.0426. The lowest BCUT2D eigenvalue weighted by Gasteiger charge is -2.58. The number of aliphatic carboxylic acids is 1. The fraction of sp³-hybridized carbons (Fsp3) is 0.708. The lowest BCUT2D eigenvalue weighted by atomic mass is 9.48. The van der Waals surface area contributed by atoms with Crippen molar-refractivity contribution in [3.05, 3.63) is 23.8 Å². The zero-order chi connectivity index (χ0) is 21.9. The molecule has 0 heterocycles. The van der Waals surface area contributed by atoms with Crippen LogP contribution in [0.15, 0.2) is 23.8 Å². The first-order valence-corrected chi connectivity index (χ1v) is 11.9. The first-order valence-electron chi connectivity index (χ1n) is 11.0. The second-order valence-electron chi connectivity index (χ2n) is 10.2. The molecule has 2 N–H and O–H groups in total. The summed E-state index contributed by atoms with van der Waals surface area (Å²) < 4.78 is 0. The first kappa shape index (κ1) is 21.8. The van der Waals surface area contributed by atoms with Gasteiger partial charge in [-0.1, -0.05) is 43.3 Å². The molecule has 0 aromatic carbocycles. The molecule has 0 unspecified atom stereocenters. The number of carbonyl (C=O) groups is 3. The normalized spacial score (nSPS) is 44.7. The molecule has 164 valence electrons. The van der Waals surface area contributed by atoms with E-state index in [2.05, 4.69) is 26.0 Å². The van der Waals surface area contributed by atoms with Gasteiger partial charge in [-0.2, -0.15) is 0 Å². The van der Waals surface area contributed by atoms with E-state index in [0.717, 1.165) is 19.3 Å². The van der Waals surface area contributed by atoms with Crippen LogP contribution in [0.5, 0.6) is 0 Å². The van der Waals surface area contributed by atoms with Gasteiger partial charge in [-0.15, -0.1) is 0 Å². The monoisotopic (exact) mass is 432 g/mol. The number of allylic oxidation sites excluding steroid dienone is 3. The number of thioether (sulfide) groups is 1. The molecule has 4 rings (SSSR count). The average Bonchev–Trinajstić information content (AvgIpc) is 2.93. The van der Waals surface area contributed by atoms with Crippen molar-refractivity contribution >= 4 is 28.6 Å². The molecule has 7 atom stereocenters. The molecule has 0 aromatic rings. The molecule has 0 spiro atoms. The lowest BCUT2D eigenvalue weighted by molar-refractivity contribution is -0.140. The van der Waals surface area contributed by atoms with Crippen LogP contribution in [-0.2, 0) is 14.4 Å². The molecule has 4 aliphatic rings. The van der Waals surface area contributed by atoms with Gasteiger partial charge in [0, 0.05) is 30.4 Å². The van der Waals surface area contributed by atoms with Crippen molar-refractivity contribution in [1.82, 2.24) is 0 Å². The Balaban J connectivity index is 1.76. The number of hydrogen-bond donors (Lipinski definition) is 2. The largest absolute Gasteiger partial charge is 0.481 e. The number of carboxylic acids is 1. The number of ketones is 1. The molecule has 2 fully saturated rings. The Morgan fingerprint density at radius 3 is 2.67 bits per heavy atom. The van der Waals surface area contributed by atoms with Gasteiger partial charge < -0.3 is 10.2 Å². The zero-order valence-electron chi connectivity index (χ0n) is 18.0. The number of hydrogen-bond acceptors (Lipinski definition) is 5. The maximum atomic E-state index is 12.1. The molecular weight excluding hydrogens is 400 g/mol.